The molecule has 2 aromatic rings. The van der Waals surface area contributed by atoms with Gasteiger partial charge in [-0.05, 0) is 38.5 Å². The normalized spacial score (nSPS) is 11.7. The third-order valence-electron chi connectivity index (χ3n) is 4.16. The first-order valence-electron chi connectivity index (χ1n) is 9.13. The van der Waals surface area contributed by atoms with Gasteiger partial charge in [-0.1, -0.05) is 0 Å². The molecule has 1 atom stereocenters. The van der Waals surface area contributed by atoms with Crippen LogP contribution >= 0.6 is 0 Å². The Morgan fingerprint density at radius 1 is 1.07 bits per heavy atom. The quantitative estimate of drug-likeness (QED) is 0.640. The topological polar surface area (TPSA) is 101 Å². The second kappa shape index (κ2) is 9.81. The first-order valence-corrected chi connectivity index (χ1v) is 9.13. The van der Waals surface area contributed by atoms with Crippen LogP contribution in [0.2, 0.25) is 0 Å². The summed E-state index contributed by atoms with van der Waals surface area (Å²) in [5.41, 5.74) is 0.606. The van der Waals surface area contributed by atoms with Gasteiger partial charge in [0.15, 0.2) is 17.6 Å². The number of hydrogen-bond donors (Lipinski definition) is 1. The van der Waals surface area contributed by atoms with Gasteiger partial charge in [-0.15, -0.1) is 0 Å². The second-order valence-electron chi connectivity index (χ2n) is 6.59. The number of nitrogens with zero attached hydrogens (tertiary/aromatic N) is 2. The van der Waals surface area contributed by atoms with Gasteiger partial charge in [-0.25, -0.2) is 4.68 Å². The lowest BCUT2D eigenvalue weighted by Gasteiger charge is -2.16. The van der Waals surface area contributed by atoms with Gasteiger partial charge in [0.05, 0.1) is 33.9 Å². The van der Waals surface area contributed by atoms with Crippen molar-refractivity contribution in [3.63, 3.8) is 0 Å². The molecule has 0 aliphatic carbocycles. The number of esters is 1. The average molecular weight is 405 g/mol. The Hall–Kier alpha value is -3.23. The third-order valence-corrected chi connectivity index (χ3v) is 4.16. The van der Waals surface area contributed by atoms with Gasteiger partial charge in [-0.2, -0.15) is 5.10 Å². The minimum absolute atomic E-state index is 0.0573. The van der Waals surface area contributed by atoms with Crippen molar-refractivity contribution < 1.29 is 28.5 Å². The van der Waals surface area contributed by atoms with E-state index in [0.717, 1.165) is 0 Å². The number of carbonyl (C=O) groups is 2. The lowest BCUT2D eigenvalue weighted by molar-refractivity contribution is -0.152. The Bertz CT molecular complexity index is 837. The molecule has 29 heavy (non-hydrogen) atoms. The number of carbonyl (C=O) groups excluding carboxylic acids is 2. The molecule has 0 fully saturated rings. The standard InChI is InChI=1S/C20H27N3O6/c1-12(2)23-17(7-8-21-23)22-20(25)13(3)29-18(24)11-14-9-15(26-4)19(28-6)16(10-14)27-5/h7-10,12-13H,11H2,1-6H3,(H,22,25)/t13-/m0/s1. The molecule has 0 bridgehead atoms. The Morgan fingerprint density at radius 3 is 2.21 bits per heavy atom. The third kappa shape index (κ3) is 5.40. The molecule has 0 saturated heterocycles. The van der Waals surface area contributed by atoms with E-state index in [1.165, 1.54) is 28.3 Å². The average Bonchev–Trinajstić information content (AvgIpc) is 3.15. The Kier molecular flexibility index (Phi) is 7.46. The van der Waals surface area contributed by atoms with Crippen LogP contribution < -0.4 is 19.5 Å². The summed E-state index contributed by atoms with van der Waals surface area (Å²) < 4.78 is 22.8. The van der Waals surface area contributed by atoms with Crippen molar-refractivity contribution in [2.24, 2.45) is 0 Å². The van der Waals surface area contributed by atoms with Crippen LogP contribution in [-0.4, -0.2) is 49.1 Å². The van der Waals surface area contributed by atoms with Crippen LogP contribution in [0.3, 0.4) is 0 Å². The van der Waals surface area contributed by atoms with Crippen molar-refractivity contribution in [2.75, 3.05) is 26.6 Å². The van der Waals surface area contributed by atoms with E-state index in [1.807, 2.05) is 13.8 Å². The SMILES string of the molecule is COc1cc(CC(=O)O[C@@H](C)C(=O)Nc2ccnn2C(C)C)cc(OC)c1OC. The van der Waals surface area contributed by atoms with Crippen molar-refractivity contribution in [2.45, 2.75) is 39.3 Å². The van der Waals surface area contributed by atoms with E-state index < -0.39 is 18.0 Å². The molecule has 1 aromatic carbocycles. The molecule has 1 heterocycles. The molecule has 0 aliphatic rings. The number of rotatable bonds is 9. The number of hydrogen-bond acceptors (Lipinski definition) is 7. The number of ether oxygens (including phenoxy) is 4. The predicted octanol–water partition coefficient (Wildman–Crippen LogP) is 2.60. The van der Waals surface area contributed by atoms with Gasteiger partial charge >= 0.3 is 5.97 Å². The maximum atomic E-state index is 12.4. The number of methoxy groups -OCH3 is 3. The summed E-state index contributed by atoms with van der Waals surface area (Å²) in [6.07, 6.45) is 0.565. The fourth-order valence-electron chi connectivity index (χ4n) is 2.75. The zero-order valence-corrected chi connectivity index (χ0v) is 17.5. The van der Waals surface area contributed by atoms with Crippen LogP contribution in [0, 0.1) is 0 Å². The van der Waals surface area contributed by atoms with Gasteiger partial charge < -0.3 is 24.3 Å². The van der Waals surface area contributed by atoms with Gasteiger partial charge in [0.25, 0.3) is 5.91 Å². The van der Waals surface area contributed by atoms with Crippen molar-refractivity contribution in [3.8, 4) is 17.2 Å². The first-order chi connectivity index (χ1) is 13.8. The maximum absolute atomic E-state index is 12.4. The zero-order chi connectivity index (χ0) is 21.6. The number of nitrogens with one attached hydrogen (secondary N) is 1. The molecule has 0 unspecified atom stereocenters. The van der Waals surface area contributed by atoms with Gasteiger partial charge in [-0.3, -0.25) is 9.59 Å². The van der Waals surface area contributed by atoms with E-state index in [0.29, 0.717) is 28.6 Å². The van der Waals surface area contributed by atoms with E-state index in [4.69, 9.17) is 18.9 Å². The molecule has 0 radical (unpaired) electrons. The Morgan fingerprint density at radius 2 is 1.69 bits per heavy atom. The highest BCUT2D eigenvalue weighted by atomic mass is 16.5. The van der Waals surface area contributed by atoms with Crippen LogP contribution in [0.4, 0.5) is 5.82 Å². The summed E-state index contributed by atoms with van der Waals surface area (Å²) in [6.45, 7) is 5.41. The Balaban J connectivity index is 2.03. The Labute approximate surface area is 169 Å². The van der Waals surface area contributed by atoms with E-state index in [1.54, 1.807) is 29.1 Å². The molecule has 9 nitrogen and oxygen atoms in total. The molecule has 1 aromatic heterocycles. The summed E-state index contributed by atoms with van der Waals surface area (Å²) in [4.78, 5) is 24.7. The van der Waals surface area contributed by atoms with E-state index in [9.17, 15) is 9.59 Å². The largest absolute Gasteiger partial charge is 0.493 e. The van der Waals surface area contributed by atoms with E-state index in [2.05, 4.69) is 10.4 Å². The minimum atomic E-state index is -0.972. The van der Waals surface area contributed by atoms with Crippen LogP contribution in [0.25, 0.3) is 0 Å². The van der Waals surface area contributed by atoms with Crippen molar-refractivity contribution in [1.29, 1.82) is 0 Å². The lowest BCUT2D eigenvalue weighted by atomic mass is 10.1. The molecular formula is C20H27N3O6. The van der Waals surface area contributed by atoms with Crippen molar-refractivity contribution >= 4 is 17.7 Å². The molecule has 0 aliphatic heterocycles. The number of anilines is 1. The summed E-state index contributed by atoms with van der Waals surface area (Å²) in [5, 5.41) is 6.87. The number of benzene rings is 1. The monoisotopic (exact) mass is 405 g/mol. The molecule has 2 rings (SSSR count). The lowest BCUT2D eigenvalue weighted by Crippen LogP contribution is -2.31. The van der Waals surface area contributed by atoms with Crippen LogP contribution in [0.15, 0.2) is 24.4 Å². The highest BCUT2D eigenvalue weighted by Gasteiger charge is 2.21. The highest BCUT2D eigenvalue weighted by Crippen LogP contribution is 2.38. The molecule has 1 N–H and O–H groups in total. The minimum Gasteiger partial charge on any atom is -0.493 e. The molecular weight excluding hydrogens is 378 g/mol. The summed E-state index contributed by atoms with van der Waals surface area (Å²) in [6, 6.07) is 5.09. The first kappa shape index (κ1) is 22.1. The summed E-state index contributed by atoms with van der Waals surface area (Å²) >= 11 is 0. The van der Waals surface area contributed by atoms with Crippen LogP contribution in [-0.2, 0) is 20.7 Å². The zero-order valence-electron chi connectivity index (χ0n) is 17.5. The smallest absolute Gasteiger partial charge is 0.311 e. The predicted molar refractivity (Wildman–Crippen MR) is 107 cm³/mol. The molecule has 0 saturated carbocycles. The van der Waals surface area contributed by atoms with Gasteiger partial charge in [0.1, 0.15) is 5.82 Å². The fraction of sp³-hybridized carbons (Fsp3) is 0.450. The summed E-state index contributed by atoms with van der Waals surface area (Å²) in [5.74, 6) is 0.842. The molecule has 1 amide bonds. The van der Waals surface area contributed by atoms with Gasteiger partial charge in [0.2, 0.25) is 5.75 Å². The van der Waals surface area contributed by atoms with Crippen molar-refractivity contribution in [1.82, 2.24) is 9.78 Å². The molecule has 0 spiro atoms. The van der Waals surface area contributed by atoms with Crippen LogP contribution in [0.1, 0.15) is 32.4 Å². The highest BCUT2D eigenvalue weighted by molar-refractivity contribution is 5.94. The number of aromatic nitrogens is 2. The fourth-order valence-corrected chi connectivity index (χ4v) is 2.75. The van der Waals surface area contributed by atoms with Crippen LogP contribution in [0.5, 0.6) is 17.2 Å². The summed E-state index contributed by atoms with van der Waals surface area (Å²) in [7, 11) is 4.49. The number of amides is 1. The van der Waals surface area contributed by atoms with Crippen molar-refractivity contribution in [3.05, 3.63) is 30.0 Å². The molecule has 9 heteroatoms. The van der Waals surface area contributed by atoms with Gasteiger partial charge in [0, 0.05) is 12.1 Å². The second-order valence-corrected chi connectivity index (χ2v) is 6.59. The van der Waals surface area contributed by atoms with E-state index in [-0.39, 0.29) is 12.5 Å². The van der Waals surface area contributed by atoms with E-state index >= 15 is 0 Å². The maximum Gasteiger partial charge on any atom is 0.311 e. The molecule has 158 valence electrons.